The lowest BCUT2D eigenvalue weighted by Crippen LogP contribution is -2.27. The van der Waals surface area contributed by atoms with Gasteiger partial charge in [0, 0.05) is 30.3 Å². The average molecular weight is 386 g/mol. The van der Waals surface area contributed by atoms with Crippen LogP contribution in [-0.4, -0.2) is 22.8 Å². The van der Waals surface area contributed by atoms with Gasteiger partial charge in [-0.2, -0.15) is 0 Å². The summed E-state index contributed by atoms with van der Waals surface area (Å²) in [6.45, 7) is 0.167. The fraction of sp³-hybridized carbons (Fsp3) is 0.0833. The van der Waals surface area contributed by atoms with E-state index >= 15 is 0 Å². The van der Waals surface area contributed by atoms with Crippen LogP contribution < -0.4 is 0 Å². The van der Waals surface area contributed by atoms with Crippen molar-refractivity contribution < 1.29 is 13.6 Å². The predicted molar refractivity (Wildman–Crippen MR) is 110 cm³/mol. The zero-order chi connectivity index (χ0) is 20.2. The maximum absolute atomic E-state index is 14.0. The molecular weight excluding hydrogens is 367 g/mol. The van der Waals surface area contributed by atoms with Gasteiger partial charge >= 0.3 is 0 Å². The second kappa shape index (κ2) is 8.10. The highest BCUT2D eigenvalue weighted by Crippen LogP contribution is 2.29. The van der Waals surface area contributed by atoms with Crippen molar-refractivity contribution in [1.82, 2.24) is 9.88 Å². The molecule has 1 aromatic heterocycles. The van der Waals surface area contributed by atoms with Crippen LogP contribution >= 0.6 is 0 Å². The molecule has 0 bridgehead atoms. The van der Waals surface area contributed by atoms with Crippen molar-refractivity contribution in [2.75, 3.05) is 7.05 Å². The summed E-state index contributed by atoms with van der Waals surface area (Å²) in [6, 6.07) is 23.2. The van der Waals surface area contributed by atoms with E-state index in [1.54, 1.807) is 49.6 Å². The van der Waals surface area contributed by atoms with Gasteiger partial charge in [-0.15, -0.1) is 0 Å². The molecule has 0 radical (unpaired) electrons. The minimum Gasteiger partial charge on any atom is -0.436 e. The summed E-state index contributed by atoms with van der Waals surface area (Å²) >= 11 is 0. The third kappa shape index (κ3) is 3.94. The summed E-state index contributed by atoms with van der Waals surface area (Å²) < 4.78 is 19.9. The number of rotatable bonds is 5. The standard InChI is InChI=1S/C24H19FN2O2/c1-27(16-18-11-5-8-14-21(18)25)24(28)20-13-7-6-12-19(20)23-26-15-22(29-23)17-9-3-2-4-10-17/h2-15H,16H2,1H3. The molecule has 0 aliphatic rings. The summed E-state index contributed by atoms with van der Waals surface area (Å²) in [5.74, 6) is 0.429. The van der Waals surface area contributed by atoms with Gasteiger partial charge in [0.2, 0.25) is 5.89 Å². The second-order valence-corrected chi connectivity index (χ2v) is 6.69. The fourth-order valence-electron chi connectivity index (χ4n) is 3.15. The molecule has 5 heteroatoms. The summed E-state index contributed by atoms with van der Waals surface area (Å²) in [5.41, 5.74) is 2.42. The maximum Gasteiger partial charge on any atom is 0.254 e. The van der Waals surface area contributed by atoms with E-state index in [0.29, 0.717) is 28.3 Å². The second-order valence-electron chi connectivity index (χ2n) is 6.69. The van der Waals surface area contributed by atoms with E-state index in [-0.39, 0.29) is 18.3 Å². The van der Waals surface area contributed by atoms with E-state index in [1.807, 2.05) is 36.4 Å². The number of carbonyl (C=O) groups excluding carboxylic acids is 1. The van der Waals surface area contributed by atoms with E-state index in [9.17, 15) is 9.18 Å². The average Bonchev–Trinajstić information content (AvgIpc) is 3.25. The molecule has 4 rings (SSSR count). The normalized spacial score (nSPS) is 10.7. The number of carbonyl (C=O) groups is 1. The first-order valence-electron chi connectivity index (χ1n) is 9.23. The van der Waals surface area contributed by atoms with Gasteiger partial charge in [0.25, 0.3) is 5.91 Å². The topological polar surface area (TPSA) is 46.3 Å². The lowest BCUT2D eigenvalue weighted by atomic mass is 10.1. The highest BCUT2D eigenvalue weighted by atomic mass is 19.1. The number of aromatic nitrogens is 1. The van der Waals surface area contributed by atoms with E-state index in [4.69, 9.17) is 4.42 Å². The van der Waals surface area contributed by atoms with Gasteiger partial charge in [-0.25, -0.2) is 9.37 Å². The maximum atomic E-state index is 14.0. The molecule has 0 saturated carbocycles. The Morgan fingerprint density at radius 3 is 2.45 bits per heavy atom. The van der Waals surface area contributed by atoms with E-state index in [0.717, 1.165) is 5.56 Å². The molecule has 0 fully saturated rings. The first-order chi connectivity index (χ1) is 14.1. The summed E-state index contributed by atoms with van der Waals surface area (Å²) in [5, 5.41) is 0. The van der Waals surface area contributed by atoms with Crippen LogP contribution in [0.4, 0.5) is 4.39 Å². The van der Waals surface area contributed by atoms with Crippen molar-refractivity contribution in [3.05, 3.63) is 102 Å². The number of hydrogen-bond acceptors (Lipinski definition) is 3. The number of nitrogens with zero attached hydrogens (tertiary/aromatic N) is 2. The minimum absolute atomic E-state index is 0.167. The van der Waals surface area contributed by atoms with Gasteiger partial charge in [0.15, 0.2) is 5.76 Å². The molecule has 29 heavy (non-hydrogen) atoms. The molecule has 0 spiro atoms. The highest BCUT2D eigenvalue weighted by molar-refractivity contribution is 5.99. The molecule has 4 nitrogen and oxygen atoms in total. The Morgan fingerprint density at radius 2 is 1.66 bits per heavy atom. The van der Waals surface area contributed by atoms with E-state index in [1.165, 1.54) is 11.0 Å². The zero-order valence-corrected chi connectivity index (χ0v) is 15.9. The van der Waals surface area contributed by atoms with Crippen LogP contribution in [0.15, 0.2) is 89.5 Å². The van der Waals surface area contributed by atoms with E-state index < -0.39 is 0 Å². The van der Waals surface area contributed by atoms with Crippen molar-refractivity contribution >= 4 is 5.91 Å². The third-order valence-corrected chi connectivity index (χ3v) is 4.66. The Balaban J connectivity index is 1.62. The van der Waals surface area contributed by atoms with Gasteiger partial charge in [0.05, 0.1) is 11.8 Å². The molecule has 4 aromatic rings. The van der Waals surface area contributed by atoms with Crippen molar-refractivity contribution in [2.45, 2.75) is 6.54 Å². The molecule has 0 aliphatic carbocycles. The highest BCUT2D eigenvalue weighted by Gasteiger charge is 2.20. The van der Waals surface area contributed by atoms with Crippen molar-refractivity contribution in [3.63, 3.8) is 0 Å². The van der Waals surface area contributed by atoms with Crippen LogP contribution in [0.5, 0.6) is 0 Å². The number of amides is 1. The quantitative estimate of drug-likeness (QED) is 0.460. The molecular formula is C24H19FN2O2. The molecule has 1 amide bonds. The third-order valence-electron chi connectivity index (χ3n) is 4.66. The van der Waals surface area contributed by atoms with Gasteiger partial charge in [-0.3, -0.25) is 4.79 Å². The van der Waals surface area contributed by atoms with Gasteiger partial charge in [-0.05, 0) is 18.2 Å². The largest absolute Gasteiger partial charge is 0.436 e. The molecule has 3 aromatic carbocycles. The van der Waals surface area contributed by atoms with Crippen LogP contribution in [-0.2, 0) is 6.54 Å². The van der Waals surface area contributed by atoms with Crippen molar-refractivity contribution in [2.24, 2.45) is 0 Å². The molecule has 0 saturated heterocycles. The lowest BCUT2D eigenvalue weighted by Gasteiger charge is -2.19. The summed E-state index contributed by atoms with van der Waals surface area (Å²) in [6.07, 6.45) is 1.65. The Morgan fingerprint density at radius 1 is 0.966 bits per heavy atom. The molecule has 0 N–H and O–H groups in total. The molecule has 0 atom stereocenters. The Bertz CT molecular complexity index is 1140. The van der Waals surface area contributed by atoms with Gasteiger partial charge < -0.3 is 9.32 Å². The Kier molecular flexibility index (Phi) is 5.20. The lowest BCUT2D eigenvalue weighted by molar-refractivity contribution is 0.0784. The van der Waals surface area contributed by atoms with Crippen molar-refractivity contribution in [1.29, 1.82) is 0 Å². The molecule has 0 aliphatic heterocycles. The summed E-state index contributed by atoms with van der Waals surface area (Å²) in [4.78, 5) is 18.9. The number of oxazole rings is 1. The zero-order valence-electron chi connectivity index (χ0n) is 15.9. The Labute approximate surface area is 168 Å². The predicted octanol–water partition coefficient (Wildman–Crippen LogP) is 5.42. The summed E-state index contributed by atoms with van der Waals surface area (Å²) in [7, 11) is 1.65. The monoisotopic (exact) mass is 386 g/mol. The van der Waals surface area contributed by atoms with Crippen LogP contribution in [0, 0.1) is 5.82 Å². The number of halogens is 1. The first kappa shape index (κ1) is 18.6. The minimum atomic E-state index is -0.333. The number of hydrogen-bond donors (Lipinski definition) is 0. The van der Waals surface area contributed by atoms with Crippen LogP contribution in [0.3, 0.4) is 0 Å². The fourth-order valence-corrected chi connectivity index (χ4v) is 3.15. The molecule has 144 valence electrons. The molecule has 0 unspecified atom stereocenters. The van der Waals surface area contributed by atoms with Gasteiger partial charge in [-0.1, -0.05) is 60.7 Å². The van der Waals surface area contributed by atoms with Crippen LogP contribution in [0.2, 0.25) is 0 Å². The SMILES string of the molecule is CN(Cc1ccccc1F)C(=O)c1ccccc1-c1ncc(-c2ccccc2)o1. The first-order valence-corrected chi connectivity index (χ1v) is 9.23. The van der Waals surface area contributed by atoms with E-state index in [2.05, 4.69) is 4.98 Å². The molecule has 1 heterocycles. The number of benzene rings is 3. The van der Waals surface area contributed by atoms with Crippen LogP contribution in [0.1, 0.15) is 15.9 Å². The van der Waals surface area contributed by atoms with Crippen LogP contribution in [0.25, 0.3) is 22.8 Å². The van der Waals surface area contributed by atoms with Crippen molar-refractivity contribution in [3.8, 4) is 22.8 Å². The van der Waals surface area contributed by atoms with Gasteiger partial charge in [0.1, 0.15) is 5.82 Å². The Hall–Kier alpha value is -3.73. The smallest absolute Gasteiger partial charge is 0.254 e.